The number of nitrogens with one attached hydrogen (secondary N) is 5. The number of ether oxygens (including phenoxy) is 2. The second kappa shape index (κ2) is 15.5. The van der Waals surface area contributed by atoms with Crippen LogP contribution in [0.25, 0.3) is 0 Å². The number of hydrogen-bond donors (Lipinski definition) is 6. The van der Waals surface area contributed by atoms with Gasteiger partial charge in [0.15, 0.2) is 5.60 Å². The number of aliphatic hydroxyl groups is 1. The first-order valence-electron chi connectivity index (χ1n) is 15.9. The highest BCUT2D eigenvalue weighted by molar-refractivity contribution is 5.96. The number of carbonyl (C=O) groups is 5. The van der Waals surface area contributed by atoms with Crippen LogP contribution in [0.15, 0.2) is 72.9 Å². The van der Waals surface area contributed by atoms with Gasteiger partial charge < -0.3 is 45.7 Å². The number of hydrogen-bond acceptors (Lipinski definition) is 8. The van der Waals surface area contributed by atoms with Gasteiger partial charge in [-0.1, -0.05) is 30.3 Å². The predicted molar refractivity (Wildman–Crippen MR) is 173 cm³/mol. The molecule has 14 nitrogen and oxygen atoms in total. The van der Waals surface area contributed by atoms with Crippen molar-refractivity contribution in [2.45, 2.75) is 49.9 Å². The predicted octanol–water partition coefficient (Wildman–Crippen LogP) is 0.286. The van der Waals surface area contributed by atoms with E-state index in [9.17, 15) is 29.1 Å². The summed E-state index contributed by atoms with van der Waals surface area (Å²) in [7, 11) is 0. The minimum absolute atomic E-state index is 0.0660. The molecule has 1 spiro atoms. The molecule has 14 heteroatoms. The van der Waals surface area contributed by atoms with E-state index in [-0.39, 0.29) is 51.4 Å². The Kier molecular flexibility index (Phi) is 11.0. The Morgan fingerprint density at radius 1 is 0.854 bits per heavy atom. The average molecular weight is 661 g/mol. The van der Waals surface area contributed by atoms with E-state index in [1.165, 1.54) is 6.92 Å². The van der Waals surface area contributed by atoms with Gasteiger partial charge in [-0.15, -0.1) is 0 Å². The summed E-state index contributed by atoms with van der Waals surface area (Å²) < 4.78 is 12.2. The molecule has 1 fully saturated rings. The van der Waals surface area contributed by atoms with E-state index in [1.54, 1.807) is 71.8 Å². The molecule has 48 heavy (non-hydrogen) atoms. The fraction of sp³-hybridized carbons (Fsp3) is 0.382. The van der Waals surface area contributed by atoms with E-state index >= 15 is 0 Å². The first kappa shape index (κ1) is 34.0. The summed E-state index contributed by atoms with van der Waals surface area (Å²) in [6.45, 7) is 1.43. The first-order chi connectivity index (χ1) is 23.2. The summed E-state index contributed by atoms with van der Waals surface area (Å²) in [5, 5.41) is 20.6. The van der Waals surface area contributed by atoms with Crippen molar-refractivity contribution in [2.24, 2.45) is 0 Å². The molecule has 3 atom stereocenters. The molecule has 6 rings (SSSR count). The van der Waals surface area contributed by atoms with Gasteiger partial charge >= 0.3 is 0 Å². The fourth-order valence-corrected chi connectivity index (χ4v) is 5.60. The number of fused-ring (bicyclic) bond motifs is 15. The van der Waals surface area contributed by atoms with Gasteiger partial charge in [-0.3, -0.25) is 24.0 Å². The standard InChI is InChI=1S/C34H40N6O8/c1-22-29(42)36-16-19-47-24-9-11-25(12-10-24)48-34(13-17-40(18-14-34)32(45)26-8-5-15-35-26)33(46)39-27(20-23-6-3-2-4-7-23)30(43)38-28(21-41)31(44)37-22/h2-12,15,22,27-28,35,41H,13-14,16-21H2,1H3,(H,36,42)(H,37,44)(H,38,43)(H,39,46)/t22-,27+,28-/m0/s1. The second-order valence-electron chi connectivity index (χ2n) is 11.8. The normalized spacial score (nSPS) is 22.4. The molecule has 254 valence electrons. The van der Waals surface area contributed by atoms with Crippen molar-refractivity contribution in [3.05, 3.63) is 84.2 Å². The van der Waals surface area contributed by atoms with Crippen molar-refractivity contribution in [3.8, 4) is 11.5 Å². The third-order valence-corrected chi connectivity index (χ3v) is 8.38. The number of aliphatic hydroxyl groups excluding tert-OH is 1. The molecule has 0 saturated carbocycles. The maximum atomic E-state index is 14.3. The number of aromatic nitrogens is 1. The van der Waals surface area contributed by atoms with E-state index in [0.717, 1.165) is 5.56 Å². The number of benzene rings is 2. The minimum atomic E-state index is -1.46. The van der Waals surface area contributed by atoms with E-state index in [2.05, 4.69) is 26.3 Å². The summed E-state index contributed by atoms with van der Waals surface area (Å²) in [5.74, 6) is -1.87. The van der Waals surface area contributed by atoms with Crippen LogP contribution in [0, 0.1) is 0 Å². The molecule has 1 saturated heterocycles. The van der Waals surface area contributed by atoms with Gasteiger partial charge in [-0.2, -0.15) is 0 Å². The number of likely N-dealkylation sites (tertiary alicyclic amines) is 1. The zero-order valence-electron chi connectivity index (χ0n) is 26.6. The van der Waals surface area contributed by atoms with Crippen LogP contribution in [-0.4, -0.2) is 101 Å². The number of piperidine rings is 1. The van der Waals surface area contributed by atoms with Gasteiger partial charge in [0.25, 0.3) is 11.8 Å². The van der Waals surface area contributed by atoms with E-state index < -0.39 is 54.0 Å². The van der Waals surface area contributed by atoms with Gasteiger partial charge in [0.05, 0.1) is 13.2 Å². The quantitative estimate of drug-likeness (QED) is 0.215. The molecule has 5 amide bonds. The lowest BCUT2D eigenvalue weighted by atomic mass is 9.89. The topological polar surface area (TPSA) is 191 Å². The van der Waals surface area contributed by atoms with Crippen molar-refractivity contribution in [2.75, 3.05) is 32.8 Å². The number of aromatic amines is 1. The highest BCUT2D eigenvalue weighted by atomic mass is 16.5. The summed E-state index contributed by atoms with van der Waals surface area (Å²) in [4.78, 5) is 71.2. The van der Waals surface area contributed by atoms with Gasteiger partial charge in [0.1, 0.15) is 41.9 Å². The van der Waals surface area contributed by atoms with E-state index in [0.29, 0.717) is 17.2 Å². The lowest BCUT2D eigenvalue weighted by molar-refractivity contribution is -0.144. The molecular weight excluding hydrogens is 620 g/mol. The Labute approximate surface area is 277 Å². The van der Waals surface area contributed by atoms with Crippen LogP contribution in [0.2, 0.25) is 0 Å². The Morgan fingerprint density at radius 2 is 1.54 bits per heavy atom. The van der Waals surface area contributed by atoms with Crippen LogP contribution in [0.1, 0.15) is 35.8 Å². The van der Waals surface area contributed by atoms with E-state index in [1.807, 2.05) is 6.07 Å². The van der Waals surface area contributed by atoms with Gasteiger partial charge in [0, 0.05) is 38.5 Å². The number of rotatable bonds is 4. The van der Waals surface area contributed by atoms with Gasteiger partial charge in [-0.25, -0.2) is 0 Å². The largest absolute Gasteiger partial charge is 0.492 e. The van der Waals surface area contributed by atoms with Crippen LogP contribution >= 0.6 is 0 Å². The zero-order valence-corrected chi connectivity index (χ0v) is 26.6. The third-order valence-electron chi connectivity index (χ3n) is 8.38. The van der Waals surface area contributed by atoms with Crippen LogP contribution in [0.3, 0.4) is 0 Å². The van der Waals surface area contributed by atoms with Crippen LogP contribution in [-0.2, 0) is 25.6 Å². The maximum absolute atomic E-state index is 14.3. The third kappa shape index (κ3) is 8.31. The number of nitrogens with zero attached hydrogens (tertiary/aromatic N) is 1. The smallest absolute Gasteiger partial charge is 0.270 e. The van der Waals surface area contributed by atoms with Crippen molar-refractivity contribution in [3.63, 3.8) is 0 Å². The molecule has 3 aliphatic heterocycles. The van der Waals surface area contributed by atoms with E-state index in [4.69, 9.17) is 9.47 Å². The molecule has 2 bridgehead atoms. The fourth-order valence-electron chi connectivity index (χ4n) is 5.60. The summed E-state index contributed by atoms with van der Waals surface area (Å²) in [6, 6.07) is 15.6. The average Bonchev–Trinajstić information content (AvgIpc) is 3.64. The van der Waals surface area contributed by atoms with Crippen LogP contribution in [0.5, 0.6) is 11.5 Å². The van der Waals surface area contributed by atoms with Crippen molar-refractivity contribution >= 4 is 29.5 Å². The molecule has 6 N–H and O–H groups in total. The molecule has 0 aliphatic carbocycles. The van der Waals surface area contributed by atoms with Crippen LogP contribution in [0.4, 0.5) is 0 Å². The first-order valence-corrected chi connectivity index (χ1v) is 15.9. The molecule has 2 aromatic carbocycles. The van der Waals surface area contributed by atoms with Crippen molar-refractivity contribution in [1.82, 2.24) is 31.2 Å². The molecule has 0 radical (unpaired) electrons. The number of carbonyl (C=O) groups excluding carboxylic acids is 5. The Morgan fingerprint density at radius 3 is 2.21 bits per heavy atom. The molecular formula is C34H40N6O8. The van der Waals surface area contributed by atoms with Gasteiger partial charge in [-0.05, 0) is 48.9 Å². The maximum Gasteiger partial charge on any atom is 0.270 e. The molecule has 3 aromatic rings. The highest BCUT2D eigenvalue weighted by Crippen LogP contribution is 2.31. The highest BCUT2D eigenvalue weighted by Gasteiger charge is 2.46. The number of amides is 5. The SMILES string of the molecule is C[C@@H]1NC(=O)[C@H](CO)NC(=O)[C@@H](Cc2ccccc2)NC(=O)C2(CCN(C(=O)c3ccc[nH]3)CC2)Oc2ccc(cc2)OCCNC1=O. The Bertz CT molecular complexity index is 1570. The summed E-state index contributed by atoms with van der Waals surface area (Å²) in [6.07, 6.45) is 1.98. The molecule has 0 unspecified atom stereocenters. The van der Waals surface area contributed by atoms with Crippen molar-refractivity contribution < 1.29 is 38.6 Å². The zero-order chi connectivity index (χ0) is 34.1. The lowest BCUT2D eigenvalue weighted by Crippen LogP contribution is -2.62. The number of H-pyrrole nitrogens is 1. The molecule has 4 heterocycles. The van der Waals surface area contributed by atoms with Crippen LogP contribution < -0.4 is 30.7 Å². The van der Waals surface area contributed by atoms with Gasteiger partial charge in [0.2, 0.25) is 17.7 Å². The summed E-state index contributed by atoms with van der Waals surface area (Å²) >= 11 is 0. The Hall–Kier alpha value is -5.37. The van der Waals surface area contributed by atoms with Crippen molar-refractivity contribution in [1.29, 1.82) is 0 Å². The molecule has 1 aromatic heterocycles. The summed E-state index contributed by atoms with van der Waals surface area (Å²) in [5.41, 5.74) is -0.294. The monoisotopic (exact) mass is 660 g/mol. The Balaban J connectivity index is 1.45. The minimum Gasteiger partial charge on any atom is -0.492 e. The molecule has 3 aliphatic rings. The lowest BCUT2D eigenvalue weighted by Gasteiger charge is -2.41. The second-order valence-corrected chi connectivity index (χ2v) is 11.8.